The quantitative estimate of drug-likeness (QED) is 0.712. The summed E-state index contributed by atoms with van der Waals surface area (Å²) in [5, 5.41) is 0. The van der Waals surface area contributed by atoms with Crippen LogP contribution in [0.25, 0.3) is 0 Å². The van der Waals surface area contributed by atoms with Gasteiger partial charge in [0.15, 0.2) is 0 Å². The van der Waals surface area contributed by atoms with Crippen LogP contribution >= 0.6 is 0 Å². The Labute approximate surface area is 140 Å². The van der Waals surface area contributed by atoms with Crippen molar-refractivity contribution in [2.75, 3.05) is 19.0 Å². The van der Waals surface area contributed by atoms with Crippen LogP contribution in [-0.4, -0.2) is 25.3 Å². The van der Waals surface area contributed by atoms with E-state index in [4.69, 9.17) is 4.99 Å². The summed E-state index contributed by atoms with van der Waals surface area (Å²) in [4.78, 5) is 7.07. The van der Waals surface area contributed by atoms with Crippen LogP contribution in [0.4, 0.5) is 5.69 Å². The van der Waals surface area contributed by atoms with Gasteiger partial charge in [-0.1, -0.05) is 42.5 Å². The summed E-state index contributed by atoms with van der Waals surface area (Å²) < 4.78 is 0. The van der Waals surface area contributed by atoms with Crippen molar-refractivity contribution in [3.63, 3.8) is 0 Å². The maximum Gasteiger partial charge on any atom is 0.0527 e. The van der Waals surface area contributed by atoms with E-state index in [2.05, 4.69) is 94.4 Å². The molecule has 0 aliphatic rings. The van der Waals surface area contributed by atoms with Gasteiger partial charge in [0.1, 0.15) is 0 Å². The van der Waals surface area contributed by atoms with Crippen molar-refractivity contribution in [2.45, 2.75) is 39.2 Å². The van der Waals surface area contributed by atoms with Crippen LogP contribution in [-0.2, 0) is 6.42 Å². The molecule has 0 heterocycles. The Bertz CT molecular complexity index is 632. The molecule has 2 nitrogen and oxygen atoms in total. The van der Waals surface area contributed by atoms with E-state index in [1.807, 2.05) is 0 Å². The third-order valence-electron chi connectivity index (χ3n) is 3.68. The SMILES string of the molecule is CN(C)c1ccc(CCC(=NC(C)(C)C)c2ccccc2)cc1. The number of benzene rings is 2. The minimum atomic E-state index is -0.0556. The van der Waals surface area contributed by atoms with Crippen LogP contribution in [0.5, 0.6) is 0 Å². The van der Waals surface area contributed by atoms with Gasteiger partial charge in [-0.3, -0.25) is 4.99 Å². The van der Waals surface area contributed by atoms with Gasteiger partial charge >= 0.3 is 0 Å². The molecule has 0 fully saturated rings. The summed E-state index contributed by atoms with van der Waals surface area (Å²) in [6.07, 6.45) is 1.97. The van der Waals surface area contributed by atoms with Gasteiger partial charge in [-0.25, -0.2) is 0 Å². The first-order valence-corrected chi connectivity index (χ1v) is 8.25. The van der Waals surface area contributed by atoms with E-state index in [0.717, 1.165) is 12.8 Å². The molecule has 0 amide bonds. The highest BCUT2D eigenvalue weighted by Crippen LogP contribution is 2.17. The van der Waals surface area contributed by atoms with Crippen molar-refractivity contribution in [1.29, 1.82) is 0 Å². The molecule has 0 radical (unpaired) electrons. The monoisotopic (exact) mass is 308 g/mol. The van der Waals surface area contributed by atoms with Crippen molar-refractivity contribution in [3.05, 3.63) is 65.7 Å². The molecule has 0 unspecified atom stereocenters. The van der Waals surface area contributed by atoms with Crippen LogP contribution < -0.4 is 4.90 Å². The summed E-state index contributed by atoms with van der Waals surface area (Å²) >= 11 is 0. The lowest BCUT2D eigenvalue weighted by Gasteiger charge is -2.17. The Morgan fingerprint density at radius 3 is 2.04 bits per heavy atom. The number of hydrogen-bond acceptors (Lipinski definition) is 2. The molecule has 0 saturated carbocycles. The fraction of sp³-hybridized carbons (Fsp3) is 0.381. The molecule has 0 saturated heterocycles. The fourth-order valence-corrected chi connectivity index (χ4v) is 2.52. The fourth-order valence-electron chi connectivity index (χ4n) is 2.52. The smallest absolute Gasteiger partial charge is 0.0527 e. The van der Waals surface area contributed by atoms with Crippen LogP contribution in [0.15, 0.2) is 59.6 Å². The molecule has 2 heteroatoms. The van der Waals surface area contributed by atoms with E-state index >= 15 is 0 Å². The molecule has 0 aliphatic carbocycles. The van der Waals surface area contributed by atoms with Gasteiger partial charge in [-0.15, -0.1) is 0 Å². The number of anilines is 1. The van der Waals surface area contributed by atoms with E-state index in [1.54, 1.807) is 0 Å². The van der Waals surface area contributed by atoms with Crippen molar-refractivity contribution in [2.24, 2.45) is 4.99 Å². The minimum Gasteiger partial charge on any atom is -0.378 e. The standard InChI is InChI=1S/C21H28N2/c1-21(2,3)22-20(18-9-7-6-8-10-18)16-13-17-11-14-19(15-12-17)23(4)5/h6-12,14-15H,13,16H2,1-5H3. The Hall–Kier alpha value is -2.09. The van der Waals surface area contributed by atoms with Gasteiger partial charge in [0.2, 0.25) is 0 Å². The van der Waals surface area contributed by atoms with Gasteiger partial charge in [0.25, 0.3) is 0 Å². The average molecular weight is 308 g/mol. The molecule has 0 spiro atoms. The molecule has 0 aromatic heterocycles. The second-order valence-electron chi connectivity index (χ2n) is 7.16. The predicted octanol–water partition coefficient (Wildman–Crippen LogP) is 4.97. The number of aliphatic imine (C=N–C) groups is 1. The molecule has 0 bridgehead atoms. The third kappa shape index (κ3) is 5.55. The van der Waals surface area contributed by atoms with Crippen molar-refractivity contribution < 1.29 is 0 Å². The summed E-state index contributed by atoms with van der Waals surface area (Å²) in [6, 6.07) is 19.3. The topological polar surface area (TPSA) is 15.6 Å². The Morgan fingerprint density at radius 1 is 0.913 bits per heavy atom. The largest absolute Gasteiger partial charge is 0.378 e. The lowest BCUT2D eigenvalue weighted by atomic mass is 10.00. The molecule has 2 aromatic carbocycles. The normalized spacial score (nSPS) is 12.3. The first-order chi connectivity index (χ1) is 10.8. The lowest BCUT2D eigenvalue weighted by Crippen LogP contribution is -2.15. The molecular weight excluding hydrogens is 280 g/mol. The van der Waals surface area contributed by atoms with Gasteiger partial charge < -0.3 is 4.90 Å². The van der Waals surface area contributed by atoms with Crippen LogP contribution in [0.3, 0.4) is 0 Å². The van der Waals surface area contributed by atoms with Gasteiger partial charge in [-0.2, -0.15) is 0 Å². The molecule has 2 aromatic rings. The van der Waals surface area contributed by atoms with E-state index in [1.165, 1.54) is 22.5 Å². The van der Waals surface area contributed by atoms with Crippen molar-refractivity contribution >= 4 is 11.4 Å². The summed E-state index contributed by atoms with van der Waals surface area (Å²) in [6.45, 7) is 6.46. The number of hydrogen-bond donors (Lipinski definition) is 0. The van der Waals surface area contributed by atoms with E-state index < -0.39 is 0 Å². The molecule has 122 valence electrons. The molecule has 0 aliphatic heterocycles. The number of rotatable bonds is 5. The van der Waals surface area contributed by atoms with Crippen LogP contribution in [0.2, 0.25) is 0 Å². The maximum absolute atomic E-state index is 4.95. The molecule has 2 rings (SSSR count). The average Bonchev–Trinajstić information content (AvgIpc) is 2.51. The number of nitrogens with zero attached hydrogens (tertiary/aromatic N) is 2. The highest BCUT2D eigenvalue weighted by Gasteiger charge is 2.12. The zero-order chi connectivity index (χ0) is 16.9. The molecule has 23 heavy (non-hydrogen) atoms. The van der Waals surface area contributed by atoms with Crippen LogP contribution in [0.1, 0.15) is 38.3 Å². The molecular formula is C21H28N2. The highest BCUT2D eigenvalue weighted by molar-refractivity contribution is 6.00. The molecule has 0 atom stereocenters. The molecule has 0 N–H and O–H groups in total. The first-order valence-electron chi connectivity index (χ1n) is 8.25. The summed E-state index contributed by atoms with van der Waals surface area (Å²) in [5.41, 5.74) is 4.95. The van der Waals surface area contributed by atoms with Crippen molar-refractivity contribution in [1.82, 2.24) is 0 Å². The maximum atomic E-state index is 4.95. The lowest BCUT2D eigenvalue weighted by molar-refractivity contribution is 0.582. The minimum absolute atomic E-state index is 0.0556. The Morgan fingerprint density at radius 2 is 1.52 bits per heavy atom. The second-order valence-corrected chi connectivity index (χ2v) is 7.16. The van der Waals surface area contributed by atoms with Crippen LogP contribution in [0, 0.1) is 0 Å². The predicted molar refractivity (Wildman–Crippen MR) is 102 cm³/mol. The highest BCUT2D eigenvalue weighted by atomic mass is 15.1. The van der Waals surface area contributed by atoms with E-state index in [0.29, 0.717) is 0 Å². The number of aryl methyl sites for hydroxylation is 1. The zero-order valence-electron chi connectivity index (χ0n) is 15.0. The van der Waals surface area contributed by atoms with Gasteiger partial charge in [0.05, 0.1) is 5.54 Å². The second kappa shape index (κ2) is 7.45. The Balaban J connectivity index is 2.14. The third-order valence-corrected chi connectivity index (χ3v) is 3.68. The first kappa shape index (κ1) is 17.3. The summed E-state index contributed by atoms with van der Waals surface area (Å²) in [7, 11) is 4.14. The summed E-state index contributed by atoms with van der Waals surface area (Å²) in [5.74, 6) is 0. The van der Waals surface area contributed by atoms with Gasteiger partial charge in [0, 0.05) is 25.5 Å². The zero-order valence-corrected chi connectivity index (χ0v) is 15.0. The Kier molecular flexibility index (Phi) is 5.59. The van der Waals surface area contributed by atoms with Gasteiger partial charge in [-0.05, 0) is 56.9 Å². The van der Waals surface area contributed by atoms with E-state index in [-0.39, 0.29) is 5.54 Å². The van der Waals surface area contributed by atoms with E-state index in [9.17, 15) is 0 Å². The van der Waals surface area contributed by atoms with Crippen molar-refractivity contribution in [3.8, 4) is 0 Å².